The Morgan fingerprint density at radius 1 is 1.10 bits per heavy atom. The Morgan fingerprint density at radius 2 is 1.86 bits per heavy atom. The number of rotatable bonds is 6. The Hall–Kier alpha value is -3.05. The number of allylic oxidation sites excluding steroid dienone is 1. The van der Waals surface area contributed by atoms with Crippen LogP contribution in [-0.2, 0) is 4.79 Å². The van der Waals surface area contributed by atoms with E-state index in [0.29, 0.717) is 35.0 Å². The maximum absolute atomic E-state index is 13.2. The number of nitrogens with zero attached hydrogens (tertiary/aromatic N) is 3. The van der Waals surface area contributed by atoms with Gasteiger partial charge in [0.1, 0.15) is 16.8 Å². The molecule has 0 saturated carbocycles. The van der Waals surface area contributed by atoms with Crippen molar-refractivity contribution in [3.05, 3.63) is 77.0 Å². The fourth-order valence-corrected chi connectivity index (χ4v) is 3.77. The van der Waals surface area contributed by atoms with Gasteiger partial charge in [-0.15, -0.1) is 6.58 Å². The molecule has 1 aliphatic rings. The zero-order valence-corrected chi connectivity index (χ0v) is 16.8. The first-order chi connectivity index (χ1) is 13.9. The van der Waals surface area contributed by atoms with Crippen LogP contribution in [0.25, 0.3) is 11.0 Å². The molecular formula is C23H20ClN3O2. The number of halogens is 1. The van der Waals surface area contributed by atoms with Crippen LogP contribution >= 0.6 is 11.6 Å². The Bertz CT molecular complexity index is 1140. The van der Waals surface area contributed by atoms with Crippen LogP contribution in [-0.4, -0.2) is 21.7 Å². The third-order valence-corrected chi connectivity index (χ3v) is 5.29. The topological polar surface area (TPSA) is 63.2 Å². The predicted octanol–water partition coefficient (Wildman–Crippen LogP) is 5.30. The molecule has 0 saturated heterocycles. The molecule has 3 heterocycles. The lowest BCUT2D eigenvalue weighted by molar-refractivity contribution is -0.119. The highest BCUT2D eigenvalue weighted by molar-refractivity contribution is 6.29. The maximum atomic E-state index is 13.2. The number of hydrogen-bond acceptors (Lipinski definition) is 4. The lowest BCUT2D eigenvalue weighted by Crippen LogP contribution is -2.30. The van der Waals surface area contributed by atoms with Crippen molar-refractivity contribution in [2.24, 2.45) is 0 Å². The first-order valence-corrected chi connectivity index (χ1v) is 9.83. The zero-order valence-electron chi connectivity index (χ0n) is 16.1. The second kappa shape index (κ2) is 7.76. The molecular weight excluding hydrogens is 386 g/mol. The van der Waals surface area contributed by atoms with Crippen LogP contribution in [0.15, 0.2) is 60.7 Å². The smallest absolute Gasteiger partial charge is 0.260 e. The van der Waals surface area contributed by atoms with Crippen molar-refractivity contribution in [1.82, 2.24) is 9.97 Å². The van der Waals surface area contributed by atoms with Crippen molar-refractivity contribution in [2.45, 2.75) is 32.2 Å². The van der Waals surface area contributed by atoms with Crippen molar-refractivity contribution >= 4 is 40.1 Å². The summed E-state index contributed by atoms with van der Waals surface area (Å²) in [6, 6.07) is 14.2. The Labute approximate surface area is 174 Å². The maximum Gasteiger partial charge on any atom is 0.260 e. The summed E-state index contributed by atoms with van der Waals surface area (Å²) >= 11 is 6.01. The molecule has 1 aliphatic heterocycles. The van der Waals surface area contributed by atoms with E-state index in [1.165, 1.54) is 0 Å². The summed E-state index contributed by atoms with van der Waals surface area (Å²) in [5.74, 6) is 0.396. The second-order valence-corrected chi connectivity index (χ2v) is 7.72. The number of carbonyl (C=O) groups excluding carboxylic acids is 2. The highest BCUT2D eigenvalue weighted by Gasteiger charge is 2.39. The molecule has 0 bridgehead atoms. The van der Waals surface area contributed by atoms with Crippen LogP contribution in [0.3, 0.4) is 0 Å². The minimum atomic E-state index is -0.388. The minimum Gasteiger partial charge on any atom is -0.300 e. The number of aromatic nitrogens is 2. The van der Waals surface area contributed by atoms with Gasteiger partial charge in [-0.05, 0) is 49.2 Å². The molecule has 0 unspecified atom stereocenters. The number of pyridine rings is 2. The molecule has 29 heavy (non-hydrogen) atoms. The summed E-state index contributed by atoms with van der Waals surface area (Å²) in [4.78, 5) is 36.2. The van der Waals surface area contributed by atoms with E-state index >= 15 is 0 Å². The largest absolute Gasteiger partial charge is 0.300 e. The molecule has 4 rings (SSSR count). The molecule has 2 aromatic heterocycles. The lowest BCUT2D eigenvalue weighted by Gasteiger charge is -2.24. The average molecular weight is 406 g/mol. The van der Waals surface area contributed by atoms with Gasteiger partial charge in [-0.25, -0.2) is 9.97 Å². The van der Waals surface area contributed by atoms with Gasteiger partial charge in [0.2, 0.25) is 0 Å². The van der Waals surface area contributed by atoms with Crippen LogP contribution in [0.5, 0.6) is 0 Å². The molecule has 1 amide bonds. The summed E-state index contributed by atoms with van der Waals surface area (Å²) in [7, 11) is 0. The molecule has 0 radical (unpaired) electrons. The Morgan fingerprint density at radius 3 is 2.66 bits per heavy atom. The van der Waals surface area contributed by atoms with Gasteiger partial charge in [0, 0.05) is 23.8 Å². The van der Waals surface area contributed by atoms with E-state index in [4.69, 9.17) is 11.6 Å². The third-order valence-electron chi connectivity index (χ3n) is 5.08. The number of ketones is 1. The summed E-state index contributed by atoms with van der Waals surface area (Å²) in [6.07, 6.45) is 1.30. The number of hydrogen-bond donors (Lipinski definition) is 0. The molecule has 1 aromatic carbocycles. The molecule has 3 aromatic rings. The van der Waals surface area contributed by atoms with Gasteiger partial charge in [0.15, 0.2) is 5.65 Å². The lowest BCUT2D eigenvalue weighted by atomic mass is 9.98. The van der Waals surface area contributed by atoms with E-state index in [1.807, 2.05) is 37.3 Å². The van der Waals surface area contributed by atoms with E-state index in [1.54, 1.807) is 23.1 Å². The molecule has 6 heteroatoms. The fourth-order valence-electron chi connectivity index (χ4n) is 3.63. The average Bonchev–Trinajstić information content (AvgIpc) is 2.98. The number of amides is 1. The zero-order chi connectivity index (χ0) is 20.5. The predicted molar refractivity (Wildman–Crippen MR) is 114 cm³/mol. The molecule has 1 atom stereocenters. The SMILES string of the molecule is C=C(C)CCC(=O)C[C@@H]1c2ccccc2C(=O)N1c1ccc2ccc(Cl)nc2n1. The second-order valence-electron chi connectivity index (χ2n) is 7.33. The summed E-state index contributed by atoms with van der Waals surface area (Å²) < 4.78 is 0. The van der Waals surface area contributed by atoms with Gasteiger partial charge < -0.3 is 0 Å². The Kier molecular flexibility index (Phi) is 5.16. The number of carbonyl (C=O) groups is 2. The number of fused-ring (bicyclic) bond motifs is 2. The first-order valence-electron chi connectivity index (χ1n) is 9.46. The van der Waals surface area contributed by atoms with Crippen LogP contribution in [0.1, 0.15) is 48.1 Å². The molecule has 146 valence electrons. The van der Waals surface area contributed by atoms with Crippen LogP contribution in [0.4, 0.5) is 5.82 Å². The standard InChI is InChI=1S/C23H20ClN3O2/c1-14(2)7-10-16(28)13-19-17-5-3-4-6-18(17)23(29)27(19)21-12-9-15-8-11-20(24)25-22(15)26-21/h3-6,8-9,11-12,19H,1,7,10,13H2,2H3/t19-/m1/s1. The van der Waals surface area contributed by atoms with E-state index < -0.39 is 0 Å². The first kappa shape index (κ1) is 19.3. The van der Waals surface area contributed by atoms with Gasteiger partial charge in [-0.3, -0.25) is 14.5 Å². The van der Waals surface area contributed by atoms with Gasteiger partial charge in [-0.2, -0.15) is 0 Å². The number of Topliss-reactive ketones (excluding diaryl/α,β-unsaturated/α-hetero) is 1. The molecule has 5 nitrogen and oxygen atoms in total. The van der Waals surface area contributed by atoms with Crippen molar-refractivity contribution in [1.29, 1.82) is 0 Å². The van der Waals surface area contributed by atoms with Crippen LogP contribution in [0.2, 0.25) is 5.15 Å². The van der Waals surface area contributed by atoms with E-state index in [9.17, 15) is 9.59 Å². The van der Waals surface area contributed by atoms with E-state index in [0.717, 1.165) is 16.5 Å². The van der Waals surface area contributed by atoms with Crippen molar-refractivity contribution < 1.29 is 9.59 Å². The third kappa shape index (κ3) is 3.78. The van der Waals surface area contributed by atoms with Crippen molar-refractivity contribution in [3.63, 3.8) is 0 Å². The molecule has 0 N–H and O–H groups in total. The summed E-state index contributed by atoms with van der Waals surface area (Å²) in [6.45, 7) is 5.77. The number of anilines is 1. The highest BCUT2D eigenvalue weighted by atomic mass is 35.5. The van der Waals surface area contributed by atoms with Gasteiger partial charge in [-0.1, -0.05) is 35.4 Å². The van der Waals surface area contributed by atoms with Crippen molar-refractivity contribution in [3.8, 4) is 0 Å². The molecule has 0 spiro atoms. The van der Waals surface area contributed by atoms with Gasteiger partial charge in [0.25, 0.3) is 5.91 Å². The minimum absolute atomic E-state index is 0.0921. The van der Waals surface area contributed by atoms with Crippen molar-refractivity contribution in [2.75, 3.05) is 4.90 Å². The Balaban J connectivity index is 1.73. The van der Waals surface area contributed by atoms with Gasteiger partial charge in [0.05, 0.1) is 6.04 Å². The molecule has 0 fully saturated rings. The normalized spacial score (nSPS) is 15.6. The van der Waals surface area contributed by atoms with Crippen LogP contribution < -0.4 is 4.90 Å². The van der Waals surface area contributed by atoms with E-state index in [2.05, 4.69) is 16.5 Å². The quantitative estimate of drug-likeness (QED) is 0.412. The van der Waals surface area contributed by atoms with Crippen LogP contribution in [0, 0.1) is 0 Å². The molecule has 0 aliphatic carbocycles. The van der Waals surface area contributed by atoms with E-state index in [-0.39, 0.29) is 24.2 Å². The fraction of sp³-hybridized carbons (Fsp3) is 0.217. The monoisotopic (exact) mass is 405 g/mol. The number of benzene rings is 1. The summed E-state index contributed by atoms with van der Waals surface area (Å²) in [5, 5.41) is 1.17. The highest BCUT2D eigenvalue weighted by Crippen LogP contribution is 2.39. The summed E-state index contributed by atoms with van der Waals surface area (Å²) in [5.41, 5.74) is 2.89. The van der Waals surface area contributed by atoms with Gasteiger partial charge >= 0.3 is 0 Å².